The van der Waals surface area contributed by atoms with Crippen LogP contribution in [0.1, 0.15) is 0 Å². The molecule has 0 aliphatic heterocycles. The van der Waals surface area contributed by atoms with Gasteiger partial charge < -0.3 is 29.8 Å². The quantitative estimate of drug-likeness (QED) is 0.361. The van der Waals surface area contributed by atoms with Crippen molar-refractivity contribution >= 4 is 21.1 Å². The molecule has 0 heterocycles. The lowest BCUT2D eigenvalue weighted by molar-refractivity contribution is -0.128. The standard InChI is InChI=1S/C5H14N2O7P2/c1-6-2-5(8)7(3-15(9,10)11)4-16(12,13)14/h6H,2-4H2,1H3,(H2,9,10,11)(H2,12,13,14). The molecule has 0 spiro atoms. The summed E-state index contributed by atoms with van der Waals surface area (Å²) in [6.07, 6.45) is -2.03. The van der Waals surface area contributed by atoms with Gasteiger partial charge in [-0.05, 0) is 7.05 Å². The summed E-state index contributed by atoms with van der Waals surface area (Å²) in [5.74, 6) is -0.797. The second-order valence-electron chi connectivity index (χ2n) is 3.08. The molecule has 0 unspecified atom stereocenters. The molecular formula is C5H14N2O7P2. The minimum absolute atomic E-state index is 0.264. The van der Waals surface area contributed by atoms with Gasteiger partial charge >= 0.3 is 15.2 Å². The first-order valence-corrected chi connectivity index (χ1v) is 7.66. The fourth-order valence-electron chi connectivity index (χ4n) is 0.910. The molecule has 9 nitrogen and oxygen atoms in total. The van der Waals surface area contributed by atoms with Crippen molar-refractivity contribution in [1.82, 2.24) is 10.2 Å². The van der Waals surface area contributed by atoms with Crippen LogP contribution in [-0.4, -0.2) is 56.5 Å². The number of nitrogens with zero attached hydrogens (tertiary/aromatic N) is 1. The van der Waals surface area contributed by atoms with Gasteiger partial charge in [0.15, 0.2) is 0 Å². The highest BCUT2D eigenvalue weighted by Crippen LogP contribution is 2.40. The average molecular weight is 276 g/mol. The molecule has 0 aromatic carbocycles. The van der Waals surface area contributed by atoms with Gasteiger partial charge in [-0.2, -0.15) is 0 Å². The van der Waals surface area contributed by atoms with Crippen molar-refractivity contribution in [1.29, 1.82) is 0 Å². The molecule has 0 aromatic heterocycles. The minimum atomic E-state index is -4.55. The summed E-state index contributed by atoms with van der Waals surface area (Å²) >= 11 is 0. The fourth-order valence-corrected chi connectivity index (χ4v) is 2.47. The van der Waals surface area contributed by atoms with Crippen LogP contribution in [0.2, 0.25) is 0 Å². The maximum Gasteiger partial charge on any atom is 0.344 e. The van der Waals surface area contributed by atoms with Crippen molar-refractivity contribution in [3.8, 4) is 0 Å². The monoisotopic (exact) mass is 276 g/mol. The van der Waals surface area contributed by atoms with Gasteiger partial charge in [0.05, 0.1) is 6.54 Å². The Morgan fingerprint density at radius 2 is 1.50 bits per heavy atom. The number of amides is 1. The lowest BCUT2D eigenvalue weighted by Crippen LogP contribution is -2.38. The Kier molecular flexibility index (Phi) is 5.78. The number of hydrogen-bond acceptors (Lipinski definition) is 4. The van der Waals surface area contributed by atoms with Crippen molar-refractivity contribution in [3.63, 3.8) is 0 Å². The van der Waals surface area contributed by atoms with Gasteiger partial charge in [-0.25, -0.2) is 0 Å². The largest absolute Gasteiger partial charge is 0.344 e. The number of carbonyl (C=O) groups excluding carboxylic acids is 1. The molecule has 1 amide bonds. The topological polar surface area (TPSA) is 147 Å². The Labute approximate surface area is 91.8 Å². The van der Waals surface area contributed by atoms with Crippen LogP contribution in [-0.2, 0) is 13.9 Å². The molecule has 16 heavy (non-hydrogen) atoms. The maximum absolute atomic E-state index is 11.3. The van der Waals surface area contributed by atoms with Crippen molar-refractivity contribution in [3.05, 3.63) is 0 Å². The number of rotatable bonds is 6. The fraction of sp³-hybridized carbons (Fsp3) is 0.800. The van der Waals surface area contributed by atoms with Gasteiger partial charge in [0, 0.05) is 0 Å². The van der Waals surface area contributed by atoms with Crippen LogP contribution in [0.3, 0.4) is 0 Å². The maximum atomic E-state index is 11.3. The molecule has 0 fully saturated rings. The molecule has 0 rings (SSSR count). The van der Waals surface area contributed by atoms with Gasteiger partial charge in [-0.15, -0.1) is 0 Å². The van der Waals surface area contributed by atoms with Crippen LogP contribution in [0.4, 0.5) is 0 Å². The predicted octanol–water partition coefficient (Wildman–Crippen LogP) is -1.70. The first kappa shape index (κ1) is 15.7. The van der Waals surface area contributed by atoms with Crippen LogP contribution in [0.25, 0.3) is 0 Å². The lowest BCUT2D eigenvalue weighted by atomic mass is 10.5. The molecular weight excluding hydrogens is 262 g/mol. The number of nitrogens with one attached hydrogen (secondary N) is 1. The van der Waals surface area contributed by atoms with Gasteiger partial charge in [0.25, 0.3) is 0 Å². The Morgan fingerprint density at radius 1 is 1.12 bits per heavy atom. The van der Waals surface area contributed by atoms with E-state index in [2.05, 4.69) is 5.32 Å². The highest BCUT2D eigenvalue weighted by molar-refractivity contribution is 7.52. The van der Waals surface area contributed by atoms with E-state index in [1.807, 2.05) is 0 Å². The van der Waals surface area contributed by atoms with Crippen LogP contribution < -0.4 is 5.32 Å². The number of carbonyl (C=O) groups is 1. The Bertz CT molecular complexity index is 310. The third-order valence-electron chi connectivity index (χ3n) is 1.39. The molecule has 0 bridgehead atoms. The molecule has 0 aliphatic rings. The van der Waals surface area contributed by atoms with Crippen molar-refractivity contribution in [2.45, 2.75) is 0 Å². The lowest BCUT2D eigenvalue weighted by Gasteiger charge is -2.23. The summed E-state index contributed by atoms with van der Waals surface area (Å²) in [7, 11) is -7.68. The molecule has 0 aromatic rings. The van der Waals surface area contributed by atoms with E-state index in [1.165, 1.54) is 7.05 Å². The molecule has 0 saturated carbocycles. The van der Waals surface area contributed by atoms with E-state index in [1.54, 1.807) is 0 Å². The van der Waals surface area contributed by atoms with Crippen LogP contribution in [0.15, 0.2) is 0 Å². The zero-order valence-electron chi connectivity index (χ0n) is 8.48. The smallest absolute Gasteiger partial charge is 0.323 e. The molecule has 96 valence electrons. The highest BCUT2D eigenvalue weighted by atomic mass is 31.2. The average Bonchev–Trinajstić information content (AvgIpc) is 1.97. The predicted molar refractivity (Wildman–Crippen MR) is 54.6 cm³/mol. The Balaban J connectivity index is 4.71. The normalized spacial score (nSPS) is 12.6. The third-order valence-corrected chi connectivity index (χ3v) is 2.81. The van der Waals surface area contributed by atoms with E-state index < -0.39 is 33.7 Å². The zero-order chi connectivity index (χ0) is 13.0. The molecule has 11 heteroatoms. The van der Waals surface area contributed by atoms with Crippen LogP contribution in [0, 0.1) is 0 Å². The summed E-state index contributed by atoms with van der Waals surface area (Å²) in [5, 5.41) is 2.42. The summed E-state index contributed by atoms with van der Waals surface area (Å²) in [6.45, 7) is -0.264. The first-order valence-electron chi connectivity index (χ1n) is 4.06. The van der Waals surface area contributed by atoms with Crippen LogP contribution >= 0.6 is 15.2 Å². The Hall–Kier alpha value is -0.270. The first-order chi connectivity index (χ1) is 7.05. The SMILES string of the molecule is CNCC(=O)N(CP(=O)(O)O)CP(=O)(O)O. The van der Waals surface area contributed by atoms with Gasteiger partial charge in [-0.1, -0.05) is 0 Å². The molecule has 0 atom stereocenters. The number of hydrogen-bond donors (Lipinski definition) is 5. The van der Waals surface area contributed by atoms with E-state index in [0.29, 0.717) is 4.90 Å². The summed E-state index contributed by atoms with van der Waals surface area (Å²) in [4.78, 5) is 46.3. The van der Waals surface area contributed by atoms with Crippen molar-refractivity contribution in [2.75, 3.05) is 26.2 Å². The van der Waals surface area contributed by atoms with Gasteiger partial charge in [0.1, 0.15) is 12.6 Å². The second kappa shape index (κ2) is 5.88. The van der Waals surface area contributed by atoms with E-state index in [0.717, 1.165) is 0 Å². The highest BCUT2D eigenvalue weighted by Gasteiger charge is 2.28. The van der Waals surface area contributed by atoms with E-state index in [-0.39, 0.29) is 6.54 Å². The van der Waals surface area contributed by atoms with Crippen LogP contribution in [0.5, 0.6) is 0 Å². The molecule has 0 saturated heterocycles. The molecule has 5 N–H and O–H groups in total. The van der Waals surface area contributed by atoms with Crippen molar-refractivity contribution in [2.24, 2.45) is 0 Å². The van der Waals surface area contributed by atoms with Crippen molar-refractivity contribution < 1.29 is 33.5 Å². The molecule has 0 aliphatic carbocycles. The third kappa shape index (κ3) is 7.95. The summed E-state index contributed by atoms with van der Waals surface area (Å²) < 4.78 is 21.3. The zero-order valence-corrected chi connectivity index (χ0v) is 10.3. The second-order valence-corrected chi connectivity index (χ2v) is 6.30. The van der Waals surface area contributed by atoms with E-state index >= 15 is 0 Å². The van der Waals surface area contributed by atoms with Gasteiger partial charge in [-0.3, -0.25) is 13.9 Å². The minimum Gasteiger partial charge on any atom is -0.323 e. The molecule has 0 radical (unpaired) electrons. The summed E-state index contributed by atoms with van der Waals surface area (Å²) in [5.41, 5.74) is 0. The van der Waals surface area contributed by atoms with E-state index in [9.17, 15) is 13.9 Å². The Morgan fingerprint density at radius 3 is 1.75 bits per heavy atom. The van der Waals surface area contributed by atoms with Gasteiger partial charge in [0.2, 0.25) is 5.91 Å². The van der Waals surface area contributed by atoms with E-state index in [4.69, 9.17) is 19.6 Å². The number of likely N-dealkylation sites (N-methyl/N-ethyl adjacent to an activating group) is 1. The summed E-state index contributed by atoms with van der Waals surface area (Å²) in [6, 6.07) is 0.